The van der Waals surface area contributed by atoms with Gasteiger partial charge in [-0.05, 0) is 49.3 Å². The van der Waals surface area contributed by atoms with Crippen molar-refractivity contribution in [1.82, 2.24) is 9.80 Å². The third kappa shape index (κ3) is 6.01. The number of allylic oxidation sites excluding steroid dienone is 6. The fraction of sp³-hybridized carbons (Fsp3) is 0.364. The molecule has 0 atom stereocenters. The summed E-state index contributed by atoms with van der Waals surface area (Å²) in [5.41, 5.74) is 3.99. The second-order valence-electron chi connectivity index (χ2n) is 6.40. The van der Waals surface area contributed by atoms with E-state index in [0.717, 1.165) is 35.6 Å². The van der Waals surface area contributed by atoms with E-state index >= 15 is 0 Å². The van der Waals surface area contributed by atoms with E-state index in [9.17, 15) is 9.59 Å². The summed E-state index contributed by atoms with van der Waals surface area (Å²) in [7, 11) is 4.05. The highest BCUT2D eigenvalue weighted by atomic mass is 16.5. The molecule has 0 N–H and O–H groups in total. The lowest BCUT2D eigenvalue weighted by Crippen LogP contribution is -2.30. The molecule has 0 aromatic carbocycles. The number of carbonyl (C=O) groups excluding carboxylic acids is 2. The molecular weight excluding hydrogens is 356 g/mol. The summed E-state index contributed by atoms with van der Waals surface area (Å²) in [6.07, 6.45) is 14.6. The zero-order valence-electron chi connectivity index (χ0n) is 17.0. The summed E-state index contributed by atoms with van der Waals surface area (Å²) in [5.74, 6) is -0.693. The van der Waals surface area contributed by atoms with E-state index in [1.165, 1.54) is 12.2 Å². The van der Waals surface area contributed by atoms with Crippen molar-refractivity contribution >= 4 is 11.9 Å². The Balaban J connectivity index is 2.21. The van der Waals surface area contributed by atoms with E-state index in [-0.39, 0.29) is 11.9 Å². The monoisotopic (exact) mass is 384 g/mol. The Morgan fingerprint density at radius 1 is 0.857 bits per heavy atom. The van der Waals surface area contributed by atoms with Crippen LogP contribution >= 0.6 is 0 Å². The normalized spacial score (nSPS) is 17.3. The topological polar surface area (TPSA) is 59.1 Å². The van der Waals surface area contributed by atoms with Crippen LogP contribution < -0.4 is 0 Å². The van der Waals surface area contributed by atoms with Crippen LogP contribution in [0.2, 0.25) is 0 Å². The van der Waals surface area contributed by atoms with E-state index in [0.29, 0.717) is 13.2 Å². The lowest BCUT2D eigenvalue weighted by atomic mass is 10.0. The summed E-state index contributed by atoms with van der Waals surface area (Å²) in [6.45, 7) is 5.75. The fourth-order valence-corrected chi connectivity index (χ4v) is 2.82. The molecule has 2 aliphatic rings. The highest BCUT2D eigenvalue weighted by molar-refractivity contribution is 5.83. The molecule has 2 rings (SSSR count). The molecule has 0 aromatic rings. The molecule has 0 aliphatic carbocycles. The Morgan fingerprint density at radius 3 is 1.61 bits per heavy atom. The summed E-state index contributed by atoms with van der Waals surface area (Å²) in [6, 6.07) is 0. The van der Waals surface area contributed by atoms with Crippen LogP contribution in [0.3, 0.4) is 0 Å². The van der Waals surface area contributed by atoms with Crippen molar-refractivity contribution in [2.24, 2.45) is 0 Å². The Kier molecular flexibility index (Phi) is 7.87. The number of hydrogen-bond acceptors (Lipinski definition) is 6. The first-order chi connectivity index (χ1) is 13.4. The molecule has 6 nitrogen and oxygen atoms in total. The first-order valence-corrected chi connectivity index (χ1v) is 9.40. The Labute approximate surface area is 166 Å². The minimum atomic E-state index is -0.347. The summed E-state index contributed by atoms with van der Waals surface area (Å²) < 4.78 is 9.87. The van der Waals surface area contributed by atoms with Crippen molar-refractivity contribution in [2.75, 3.05) is 40.4 Å². The number of rotatable bonds is 7. The number of esters is 2. The smallest absolute Gasteiger partial charge is 0.330 e. The van der Waals surface area contributed by atoms with Crippen LogP contribution in [0.5, 0.6) is 0 Å². The number of carbonyl (C=O) groups is 2. The maximum absolute atomic E-state index is 11.6. The van der Waals surface area contributed by atoms with E-state index in [2.05, 4.69) is 22.0 Å². The molecule has 0 radical (unpaired) electrons. The predicted molar refractivity (Wildman–Crippen MR) is 109 cm³/mol. The molecule has 6 heteroatoms. The largest absolute Gasteiger partial charge is 0.463 e. The van der Waals surface area contributed by atoms with Gasteiger partial charge >= 0.3 is 11.9 Å². The van der Waals surface area contributed by atoms with Gasteiger partial charge in [-0.3, -0.25) is 0 Å². The third-order valence-electron chi connectivity index (χ3n) is 4.29. The number of nitrogens with zero attached hydrogens (tertiary/aromatic N) is 2. The lowest BCUT2D eigenvalue weighted by Gasteiger charge is -2.33. The van der Waals surface area contributed by atoms with Gasteiger partial charge in [-0.2, -0.15) is 0 Å². The average Bonchev–Trinajstić information content (AvgIpc) is 2.67. The summed E-state index contributed by atoms with van der Waals surface area (Å²) in [5, 5.41) is 0. The SMILES string of the molecule is CCOC(=O)/C=C/C1=CCN(C)C(C2=CC(/C=C/C(=O)OCC)=CCN2C)=C1. The van der Waals surface area contributed by atoms with Crippen LogP contribution in [0.4, 0.5) is 0 Å². The molecule has 0 bridgehead atoms. The van der Waals surface area contributed by atoms with Crippen molar-refractivity contribution in [1.29, 1.82) is 0 Å². The first-order valence-electron chi connectivity index (χ1n) is 9.40. The number of likely N-dealkylation sites (N-methyl/N-ethyl adjacent to an activating group) is 2. The molecule has 28 heavy (non-hydrogen) atoms. The quantitative estimate of drug-likeness (QED) is 0.497. The minimum absolute atomic E-state index is 0.347. The zero-order chi connectivity index (χ0) is 20.5. The van der Waals surface area contributed by atoms with Gasteiger partial charge in [0.25, 0.3) is 0 Å². The fourth-order valence-electron chi connectivity index (χ4n) is 2.82. The molecule has 2 heterocycles. The molecule has 0 unspecified atom stereocenters. The van der Waals surface area contributed by atoms with Gasteiger partial charge in [-0.1, -0.05) is 12.2 Å². The van der Waals surface area contributed by atoms with Gasteiger partial charge < -0.3 is 19.3 Å². The van der Waals surface area contributed by atoms with Crippen molar-refractivity contribution in [3.05, 3.63) is 71.1 Å². The third-order valence-corrected chi connectivity index (χ3v) is 4.29. The average molecular weight is 384 g/mol. The highest BCUT2D eigenvalue weighted by Crippen LogP contribution is 2.27. The van der Waals surface area contributed by atoms with Gasteiger partial charge in [0.2, 0.25) is 0 Å². The van der Waals surface area contributed by atoms with Gasteiger partial charge in [0.15, 0.2) is 0 Å². The van der Waals surface area contributed by atoms with E-state index in [4.69, 9.17) is 9.47 Å². The zero-order valence-corrected chi connectivity index (χ0v) is 17.0. The van der Waals surface area contributed by atoms with E-state index in [1.54, 1.807) is 26.0 Å². The van der Waals surface area contributed by atoms with Crippen molar-refractivity contribution in [3.63, 3.8) is 0 Å². The summed E-state index contributed by atoms with van der Waals surface area (Å²) in [4.78, 5) is 27.4. The van der Waals surface area contributed by atoms with Crippen LogP contribution in [0.25, 0.3) is 0 Å². The van der Waals surface area contributed by atoms with Gasteiger partial charge in [0.1, 0.15) is 0 Å². The standard InChI is InChI=1S/C22H28N2O4/c1-5-27-21(25)9-7-17-11-13-23(3)19(15-17)20-16-18(12-14-24(20)4)8-10-22(26)28-6-2/h7-12,15-16H,5-6,13-14H2,1-4H3/b9-7+,10-8+. The van der Waals surface area contributed by atoms with E-state index < -0.39 is 0 Å². The van der Waals surface area contributed by atoms with E-state index in [1.807, 2.05) is 26.2 Å². The first kappa shape index (κ1) is 21.3. The molecule has 0 saturated carbocycles. The Bertz CT molecular complexity index is 718. The lowest BCUT2D eigenvalue weighted by molar-refractivity contribution is -0.138. The Morgan fingerprint density at radius 2 is 1.25 bits per heavy atom. The van der Waals surface area contributed by atoms with Gasteiger partial charge in [-0.15, -0.1) is 0 Å². The van der Waals surface area contributed by atoms with Gasteiger partial charge in [0.05, 0.1) is 24.6 Å². The maximum Gasteiger partial charge on any atom is 0.330 e. The predicted octanol–water partition coefficient (Wildman–Crippen LogP) is 2.74. The Hall–Kier alpha value is -3.02. The van der Waals surface area contributed by atoms with Gasteiger partial charge in [-0.25, -0.2) is 9.59 Å². The van der Waals surface area contributed by atoms with Crippen LogP contribution in [0.1, 0.15) is 13.8 Å². The highest BCUT2D eigenvalue weighted by Gasteiger charge is 2.19. The number of ether oxygens (including phenoxy) is 2. The number of hydrogen-bond donors (Lipinski definition) is 0. The van der Waals surface area contributed by atoms with Gasteiger partial charge in [0, 0.05) is 39.3 Å². The molecule has 0 saturated heterocycles. The molecule has 0 fully saturated rings. The van der Waals surface area contributed by atoms with Crippen LogP contribution in [-0.2, 0) is 19.1 Å². The van der Waals surface area contributed by atoms with Crippen molar-refractivity contribution in [3.8, 4) is 0 Å². The molecule has 150 valence electrons. The van der Waals surface area contributed by atoms with Crippen molar-refractivity contribution < 1.29 is 19.1 Å². The molecule has 0 amide bonds. The minimum Gasteiger partial charge on any atom is -0.463 e. The second kappa shape index (κ2) is 10.3. The van der Waals surface area contributed by atoms with Crippen LogP contribution in [0.15, 0.2) is 71.1 Å². The second-order valence-corrected chi connectivity index (χ2v) is 6.40. The van der Waals surface area contributed by atoms with Crippen LogP contribution in [0, 0.1) is 0 Å². The molecule has 0 spiro atoms. The molecule has 2 aliphatic heterocycles. The maximum atomic E-state index is 11.6. The van der Waals surface area contributed by atoms with Crippen LogP contribution in [-0.4, -0.2) is 62.1 Å². The summed E-state index contributed by atoms with van der Waals surface area (Å²) >= 11 is 0. The van der Waals surface area contributed by atoms with Crippen molar-refractivity contribution in [2.45, 2.75) is 13.8 Å². The molecule has 0 aromatic heterocycles. The molecular formula is C22H28N2O4.